The second-order valence-electron chi connectivity index (χ2n) is 4.17. The SMILES string of the molecule is Nc1ccc(C(=O)OCc2ccc(Cl)c(Cl)c2)c(N)c1. The van der Waals surface area contributed by atoms with Crippen LogP contribution in [0.3, 0.4) is 0 Å². The molecule has 0 heterocycles. The normalized spacial score (nSPS) is 10.3. The summed E-state index contributed by atoms with van der Waals surface area (Å²) in [5.41, 5.74) is 13.1. The number of carbonyl (C=O) groups is 1. The van der Waals surface area contributed by atoms with Crippen LogP contribution in [0.2, 0.25) is 10.0 Å². The number of hydrogen-bond donors (Lipinski definition) is 2. The number of hydrogen-bond acceptors (Lipinski definition) is 4. The number of nitrogen functional groups attached to an aromatic ring is 2. The molecule has 20 heavy (non-hydrogen) atoms. The molecular formula is C14H12Cl2N2O2. The van der Waals surface area contributed by atoms with Crippen molar-refractivity contribution in [3.63, 3.8) is 0 Å². The standard InChI is InChI=1S/C14H12Cl2N2O2/c15-11-4-1-8(5-12(11)16)7-20-14(19)10-3-2-9(17)6-13(10)18/h1-6H,7,17-18H2. The van der Waals surface area contributed by atoms with Crippen LogP contribution in [-0.2, 0) is 11.3 Å². The molecule has 6 heteroatoms. The van der Waals surface area contributed by atoms with Crippen molar-refractivity contribution in [2.45, 2.75) is 6.61 Å². The Labute approximate surface area is 126 Å². The van der Waals surface area contributed by atoms with Gasteiger partial charge in [-0.3, -0.25) is 0 Å². The van der Waals surface area contributed by atoms with E-state index in [1.165, 1.54) is 12.1 Å². The first-order valence-electron chi connectivity index (χ1n) is 5.73. The van der Waals surface area contributed by atoms with Gasteiger partial charge >= 0.3 is 5.97 Å². The van der Waals surface area contributed by atoms with Crippen molar-refractivity contribution in [2.24, 2.45) is 0 Å². The molecule has 0 saturated heterocycles. The summed E-state index contributed by atoms with van der Waals surface area (Å²) in [7, 11) is 0. The topological polar surface area (TPSA) is 78.3 Å². The highest BCUT2D eigenvalue weighted by Gasteiger charge is 2.11. The van der Waals surface area contributed by atoms with Gasteiger partial charge in [-0.15, -0.1) is 0 Å². The van der Waals surface area contributed by atoms with Gasteiger partial charge in [-0.25, -0.2) is 4.79 Å². The third kappa shape index (κ3) is 3.35. The molecule has 2 aromatic rings. The number of nitrogens with two attached hydrogens (primary N) is 2. The first kappa shape index (κ1) is 14.5. The fraction of sp³-hybridized carbons (Fsp3) is 0.0714. The molecule has 0 aliphatic heterocycles. The minimum atomic E-state index is -0.520. The maximum atomic E-state index is 11.9. The van der Waals surface area contributed by atoms with E-state index in [1.54, 1.807) is 24.3 Å². The van der Waals surface area contributed by atoms with Crippen LogP contribution in [0.1, 0.15) is 15.9 Å². The molecule has 2 aromatic carbocycles. The van der Waals surface area contributed by atoms with Crippen molar-refractivity contribution in [2.75, 3.05) is 11.5 Å². The van der Waals surface area contributed by atoms with Gasteiger partial charge in [-0.05, 0) is 35.9 Å². The maximum Gasteiger partial charge on any atom is 0.340 e. The summed E-state index contributed by atoms with van der Waals surface area (Å²) in [4.78, 5) is 11.9. The van der Waals surface area contributed by atoms with Gasteiger partial charge in [0.05, 0.1) is 15.6 Å². The summed E-state index contributed by atoms with van der Waals surface area (Å²) >= 11 is 11.7. The average Bonchev–Trinajstić information content (AvgIpc) is 2.40. The summed E-state index contributed by atoms with van der Waals surface area (Å²) in [6.07, 6.45) is 0. The molecule has 0 aromatic heterocycles. The highest BCUT2D eigenvalue weighted by Crippen LogP contribution is 2.23. The molecule has 2 rings (SSSR count). The van der Waals surface area contributed by atoms with E-state index < -0.39 is 5.97 Å². The summed E-state index contributed by atoms with van der Waals surface area (Å²) in [6, 6.07) is 9.64. The smallest absolute Gasteiger partial charge is 0.340 e. The van der Waals surface area contributed by atoms with Crippen molar-refractivity contribution in [1.29, 1.82) is 0 Å². The highest BCUT2D eigenvalue weighted by atomic mass is 35.5. The molecule has 0 aliphatic carbocycles. The minimum Gasteiger partial charge on any atom is -0.457 e. The van der Waals surface area contributed by atoms with Crippen molar-refractivity contribution >= 4 is 40.5 Å². The Morgan fingerprint density at radius 3 is 2.45 bits per heavy atom. The van der Waals surface area contributed by atoms with Gasteiger partial charge in [-0.1, -0.05) is 29.3 Å². The van der Waals surface area contributed by atoms with Gasteiger partial charge in [0.25, 0.3) is 0 Å². The fourth-order valence-corrected chi connectivity index (χ4v) is 1.94. The van der Waals surface area contributed by atoms with Gasteiger partial charge in [0.2, 0.25) is 0 Å². The van der Waals surface area contributed by atoms with E-state index in [0.717, 1.165) is 5.56 Å². The Morgan fingerprint density at radius 1 is 1.05 bits per heavy atom. The van der Waals surface area contributed by atoms with Crippen molar-refractivity contribution < 1.29 is 9.53 Å². The highest BCUT2D eigenvalue weighted by molar-refractivity contribution is 6.42. The molecule has 0 spiro atoms. The van der Waals surface area contributed by atoms with Crippen molar-refractivity contribution in [1.82, 2.24) is 0 Å². The number of benzene rings is 2. The Balaban J connectivity index is 2.06. The molecule has 4 nitrogen and oxygen atoms in total. The van der Waals surface area contributed by atoms with E-state index in [0.29, 0.717) is 15.7 Å². The Hall–Kier alpha value is -1.91. The molecule has 0 atom stereocenters. The first-order chi connectivity index (χ1) is 9.47. The number of esters is 1. The van der Waals surface area contributed by atoms with Gasteiger partial charge in [-0.2, -0.15) is 0 Å². The second kappa shape index (κ2) is 6.03. The molecule has 0 radical (unpaired) electrons. The van der Waals surface area contributed by atoms with Crippen molar-refractivity contribution in [3.05, 3.63) is 57.6 Å². The molecule has 4 N–H and O–H groups in total. The van der Waals surface area contributed by atoms with Gasteiger partial charge < -0.3 is 16.2 Å². The number of ether oxygens (including phenoxy) is 1. The molecule has 0 aliphatic rings. The Morgan fingerprint density at radius 2 is 1.80 bits per heavy atom. The zero-order valence-electron chi connectivity index (χ0n) is 10.4. The lowest BCUT2D eigenvalue weighted by Crippen LogP contribution is -2.08. The first-order valence-corrected chi connectivity index (χ1v) is 6.49. The predicted octanol–water partition coefficient (Wildman–Crippen LogP) is 3.51. The lowest BCUT2D eigenvalue weighted by molar-refractivity contribution is 0.0474. The summed E-state index contributed by atoms with van der Waals surface area (Å²) < 4.78 is 5.17. The molecular weight excluding hydrogens is 299 g/mol. The number of carbonyl (C=O) groups excluding carboxylic acids is 1. The zero-order chi connectivity index (χ0) is 14.7. The van der Waals surface area contributed by atoms with Gasteiger partial charge in [0.15, 0.2) is 0 Å². The Bertz CT molecular complexity index is 660. The van der Waals surface area contributed by atoms with E-state index in [4.69, 9.17) is 39.4 Å². The molecule has 104 valence electrons. The molecule has 0 unspecified atom stereocenters. The van der Waals surface area contributed by atoms with E-state index in [-0.39, 0.29) is 17.9 Å². The molecule has 0 bridgehead atoms. The fourth-order valence-electron chi connectivity index (χ4n) is 1.62. The van der Waals surface area contributed by atoms with Crippen LogP contribution in [0.4, 0.5) is 11.4 Å². The zero-order valence-corrected chi connectivity index (χ0v) is 11.9. The summed E-state index contributed by atoms with van der Waals surface area (Å²) in [5, 5.41) is 0.858. The van der Waals surface area contributed by atoms with E-state index >= 15 is 0 Å². The third-order valence-electron chi connectivity index (χ3n) is 2.65. The largest absolute Gasteiger partial charge is 0.457 e. The number of anilines is 2. The van der Waals surface area contributed by atoms with Crippen LogP contribution in [0.15, 0.2) is 36.4 Å². The van der Waals surface area contributed by atoms with Crippen LogP contribution >= 0.6 is 23.2 Å². The van der Waals surface area contributed by atoms with E-state index in [1.807, 2.05) is 0 Å². The van der Waals surface area contributed by atoms with Crippen LogP contribution < -0.4 is 11.5 Å². The number of rotatable bonds is 3. The second-order valence-corrected chi connectivity index (χ2v) is 4.99. The van der Waals surface area contributed by atoms with Crippen LogP contribution in [-0.4, -0.2) is 5.97 Å². The summed E-state index contributed by atoms with van der Waals surface area (Å²) in [5.74, 6) is -0.520. The molecule has 0 saturated carbocycles. The third-order valence-corrected chi connectivity index (χ3v) is 3.39. The van der Waals surface area contributed by atoms with Crippen LogP contribution in [0, 0.1) is 0 Å². The lowest BCUT2D eigenvalue weighted by Gasteiger charge is -2.08. The van der Waals surface area contributed by atoms with Gasteiger partial charge in [0, 0.05) is 11.4 Å². The van der Waals surface area contributed by atoms with E-state index in [2.05, 4.69) is 0 Å². The monoisotopic (exact) mass is 310 g/mol. The summed E-state index contributed by atoms with van der Waals surface area (Å²) in [6.45, 7) is 0.0829. The van der Waals surface area contributed by atoms with Crippen molar-refractivity contribution in [3.8, 4) is 0 Å². The van der Waals surface area contributed by atoms with Crippen LogP contribution in [0.25, 0.3) is 0 Å². The average molecular weight is 311 g/mol. The van der Waals surface area contributed by atoms with Gasteiger partial charge in [0.1, 0.15) is 6.61 Å². The van der Waals surface area contributed by atoms with E-state index in [9.17, 15) is 4.79 Å². The Kier molecular flexibility index (Phi) is 4.37. The molecule has 0 fully saturated rings. The minimum absolute atomic E-state index is 0.0829. The van der Waals surface area contributed by atoms with Crippen LogP contribution in [0.5, 0.6) is 0 Å². The predicted molar refractivity (Wildman–Crippen MR) is 80.8 cm³/mol. The number of halogens is 2. The lowest BCUT2D eigenvalue weighted by atomic mass is 10.1. The maximum absolute atomic E-state index is 11.9. The molecule has 0 amide bonds. The quantitative estimate of drug-likeness (QED) is 0.671.